The average molecular weight is 233 g/mol. The molecule has 5 heteroatoms. The Kier molecular flexibility index (Phi) is 2.99. The minimum atomic E-state index is -0.270. The van der Waals surface area contributed by atoms with Crippen molar-refractivity contribution >= 4 is 16.5 Å². The SMILES string of the molecule is CCN(CC)c1cccc2c(=O)[nH][nH]c(=O)c12. The molecule has 5 nitrogen and oxygen atoms in total. The van der Waals surface area contributed by atoms with Crippen molar-refractivity contribution in [3.63, 3.8) is 0 Å². The predicted octanol–water partition coefficient (Wildman–Crippen LogP) is 1.06. The number of nitrogens with zero attached hydrogens (tertiary/aromatic N) is 1. The fourth-order valence-corrected chi connectivity index (χ4v) is 2.04. The van der Waals surface area contributed by atoms with Crippen LogP contribution in [-0.2, 0) is 0 Å². The molecule has 0 atom stereocenters. The van der Waals surface area contributed by atoms with Gasteiger partial charge in [-0.05, 0) is 26.0 Å². The Morgan fingerprint density at radius 1 is 1.06 bits per heavy atom. The van der Waals surface area contributed by atoms with Gasteiger partial charge in [-0.2, -0.15) is 0 Å². The summed E-state index contributed by atoms with van der Waals surface area (Å²) < 4.78 is 0. The van der Waals surface area contributed by atoms with Crippen LogP contribution in [0.3, 0.4) is 0 Å². The second-order valence-corrected chi connectivity index (χ2v) is 3.78. The van der Waals surface area contributed by atoms with Crippen LogP contribution >= 0.6 is 0 Å². The third-order valence-electron chi connectivity index (χ3n) is 2.91. The maximum Gasteiger partial charge on any atom is 0.272 e. The van der Waals surface area contributed by atoms with Crippen LogP contribution in [-0.4, -0.2) is 23.3 Å². The maximum absolute atomic E-state index is 11.8. The van der Waals surface area contributed by atoms with E-state index in [0.29, 0.717) is 10.8 Å². The van der Waals surface area contributed by atoms with Gasteiger partial charge in [0.1, 0.15) is 0 Å². The van der Waals surface area contributed by atoms with Gasteiger partial charge in [0, 0.05) is 13.1 Å². The van der Waals surface area contributed by atoms with Crippen LogP contribution < -0.4 is 16.0 Å². The fraction of sp³-hybridized carbons (Fsp3) is 0.333. The topological polar surface area (TPSA) is 69.0 Å². The second kappa shape index (κ2) is 4.45. The Morgan fingerprint density at radius 3 is 2.35 bits per heavy atom. The zero-order valence-electron chi connectivity index (χ0n) is 9.91. The van der Waals surface area contributed by atoms with E-state index in [9.17, 15) is 9.59 Å². The Balaban J connectivity index is 2.86. The van der Waals surface area contributed by atoms with Crippen molar-refractivity contribution in [2.45, 2.75) is 13.8 Å². The summed E-state index contributed by atoms with van der Waals surface area (Å²) in [6, 6.07) is 5.32. The van der Waals surface area contributed by atoms with Crippen LogP contribution in [0.2, 0.25) is 0 Å². The van der Waals surface area contributed by atoms with E-state index in [1.807, 2.05) is 19.9 Å². The summed E-state index contributed by atoms with van der Waals surface area (Å²) in [5.74, 6) is 0. The molecule has 0 aliphatic rings. The Hall–Kier alpha value is -2.04. The lowest BCUT2D eigenvalue weighted by Gasteiger charge is -2.21. The van der Waals surface area contributed by atoms with E-state index >= 15 is 0 Å². The molecule has 0 saturated carbocycles. The molecule has 1 aromatic carbocycles. The Bertz CT molecular complexity index is 638. The molecule has 0 bridgehead atoms. The molecule has 1 heterocycles. The van der Waals surface area contributed by atoms with Gasteiger partial charge in [0.25, 0.3) is 11.1 Å². The van der Waals surface area contributed by atoms with Crippen molar-refractivity contribution in [3.05, 3.63) is 38.9 Å². The lowest BCUT2D eigenvalue weighted by atomic mass is 10.1. The van der Waals surface area contributed by atoms with Gasteiger partial charge in [0.05, 0.1) is 16.5 Å². The first kappa shape index (κ1) is 11.4. The van der Waals surface area contributed by atoms with E-state index in [4.69, 9.17) is 0 Å². The van der Waals surface area contributed by atoms with Crippen molar-refractivity contribution in [1.29, 1.82) is 0 Å². The van der Waals surface area contributed by atoms with E-state index in [-0.39, 0.29) is 11.1 Å². The van der Waals surface area contributed by atoms with Crippen LogP contribution in [0.1, 0.15) is 13.8 Å². The fourth-order valence-electron chi connectivity index (χ4n) is 2.04. The molecule has 0 aliphatic heterocycles. The van der Waals surface area contributed by atoms with Gasteiger partial charge >= 0.3 is 0 Å². The van der Waals surface area contributed by atoms with Crippen LogP contribution in [0.4, 0.5) is 5.69 Å². The average Bonchev–Trinajstić information content (AvgIpc) is 2.35. The second-order valence-electron chi connectivity index (χ2n) is 3.78. The van der Waals surface area contributed by atoms with Crippen LogP contribution in [0.25, 0.3) is 10.8 Å². The summed E-state index contributed by atoms with van der Waals surface area (Å²) in [6.45, 7) is 5.62. The van der Waals surface area contributed by atoms with Crippen LogP contribution in [0, 0.1) is 0 Å². The Labute approximate surface area is 98.1 Å². The molecule has 0 unspecified atom stereocenters. The molecular formula is C12H15N3O2. The zero-order valence-corrected chi connectivity index (χ0v) is 9.91. The number of aromatic nitrogens is 2. The van der Waals surface area contributed by atoms with Crippen molar-refractivity contribution in [3.8, 4) is 0 Å². The first-order valence-corrected chi connectivity index (χ1v) is 5.67. The summed E-state index contributed by atoms with van der Waals surface area (Å²) >= 11 is 0. The molecule has 90 valence electrons. The molecule has 0 aliphatic carbocycles. The summed E-state index contributed by atoms with van der Waals surface area (Å²) in [7, 11) is 0. The third-order valence-corrected chi connectivity index (χ3v) is 2.91. The smallest absolute Gasteiger partial charge is 0.272 e. The van der Waals surface area contributed by atoms with Crippen LogP contribution in [0.15, 0.2) is 27.8 Å². The van der Waals surface area contributed by atoms with E-state index in [1.165, 1.54) is 0 Å². The molecule has 0 saturated heterocycles. The first-order chi connectivity index (χ1) is 8.19. The van der Waals surface area contributed by atoms with Crippen molar-refractivity contribution in [2.75, 3.05) is 18.0 Å². The van der Waals surface area contributed by atoms with Gasteiger partial charge in [0.15, 0.2) is 0 Å². The molecular weight excluding hydrogens is 218 g/mol. The van der Waals surface area contributed by atoms with E-state index in [0.717, 1.165) is 18.8 Å². The highest BCUT2D eigenvalue weighted by Gasteiger charge is 2.11. The minimum Gasteiger partial charge on any atom is -0.371 e. The quantitative estimate of drug-likeness (QED) is 0.833. The lowest BCUT2D eigenvalue weighted by Crippen LogP contribution is -2.26. The predicted molar refractivity (Wildman–Crippen MR) is 68.8 cm³/mol. The molecule has 2 rings (SSSR count). The number of fused-ring (bicyclic) bond motifs is 1. The number of rotatable bonds is 3. The summed E-state index contributed by atoms with van der Waals surface area (Å²) in [6.07, 6.45) is 0. The van der Waals surface area contributed by atoms with Crippen molar-refractivity contribution in [1.82, 2.24) is 10.2 Å². The van der Waals surface area contributed by atoms with Crippen molar-refractivity contribution < 1.29 is 0 Å². The van der Waals surface area contributed by atoms with Gasteiger partial charge in [-0.3, -0.25) is 19.8 Å². The third kappa shape index (κ3) is 1.84. The number of H-pyrrole nitrogens is 2. The first-order valence-electron chi connectivity index (χ1n) is 5.67. The lowest BCUT2D eigenvalue weighted by molar-refractivity contribution is 0.868. The minimum absolute atomic E-state index is 0.262. The number of aromatic amines is 2. The highest BCUT2D eigenvalue weighted by molar-refractivity contribution is 5.92. The highest BCUT2D eigenvalue weighted by Crippen LogP contribution is 2.21. The van der Waals surface area contributed by atoms with Gasteiger partial charge in [-0.15, -0.1) is 0 Å². The molecule has 0 fully saturated rings. The zero-order chi connectivity index (χ0) is 12.4. The molecule has 0 spiro atoms. The molecule has 1 aromatic heterocycles. The summed E-state index contributed by atoms with van der Waals surface area (Å²) in [5, 5.41) is 5.59. The number of benzene rings is 1. The van der Waals surface area contributed by atoms with E-state index in [1.54, 1.807) is 12.1 Å². The molecule has 2 aromatic rings. The number of hydrogen-bond donors (Lipinski definition) is 2. The van der Waals surface area contributed by atoms with Gasteiger partial charge < -0.3 is 4.90 Å². The Morgan fingerprint density at radius 2 is 1.71 bits per heavy atom. The van der Waals surface area contributed by atoms with E-state index in [2.05, 4.69) is 15.1 Å². The summed E-state index contributed by atoms with van der Waals surface area (Å²) in [4.78, 5) is 25.5. The molecule has 0 amide bonds. The van der Waals surface area contributed by atoms with Crippen LogP contribution in [0.5, 0.6) is 0 Å². The van der Waals surface area contributed by atoms with E-state index < -0.39 is 0 Å². The molecule has 2 N–H and O–H groups in total. The standard InChI is InChI=1S/C12H15N3O2/c1-3-15(4-2)9-7-5-6-8-10(9)12(17)14-13-11(8)16/h5-7H,3-4H2,1-2H3,(H,13,16)(H,14,17). The maximum atomic E-state index is 11.8. The normalized spacial score (nSPS) is 10.7. The summed E-state index contributed by atoms with van der Waals surface area (Å²) in [5.41, 5.74) is 0.274. The largest absolute Gasteiger partial charge is 0.371 e. The number of nitrogens with one attached hydrogen (secondary N) is 2. The van der Waals surface area contributed by atoms with Gasteiger partial charge in [0.2, 0.25) is 0 Å². The van der Waals surface area contributed by atoms with Gasteiger partial charge in [-0.25, -0.2) is 0 Å². The number of hydrogen-bond acceptors (Lipinski definition) is 3. The van der Waals surface area contributed by atoms with Crippen molar-refractivity contribution in [2.24, 2.45) is 0 Å². The van der Waals surface area contributed by atoms with Gasteiger partial charge in [-0.1, -0.05) is 6.07 Å². The number of anilines is 1. The molecule has 17 heavy (non-hydrogen) atoms. The monoisotopic (exact) mass is 233 g/mol. The molecule has 0 radical (unpaired) electrons. The highest BCUT2D eigenvalue weighted by atomic mass is 16.1.